The zero-order valence-electron chi connectivity index (χ0n) is 15.0. The van der Waals surface area contributed by atoms with Crippen molar-refractivity contribution in [3.05, 3.63) is 60.5 Å². The molecule has 142 valence electrons. The number of hydrogen-bond donors (Lipinski definition) is 2. The van der Waals surface area contributed by atoms with Crippen molar-refractivity contribution in [3.8, 4) is 16.9 Å². The minimum absolute atomic E-state index is 0.0431. The van der Waals surface area contributed by atoms with E-state index in [1.54, 1.807) is 42.6 Å². The number of hydrogen-bond acceptors (Lipinski definition) is 4. The van der Waals surface area contributed by atoms with Gasteiger partial charge in [0, 0.05) is 5.56 Å². The molecule has 0 fully saturated rings. The summed E-state index contributed by atoms with van der Waals surface area (Å²) in [5.74, 6) is -0.111. The highest BCUT2D eigenvalue weighted by molar-refractivity contribution is 6.03. The van der Waals surface area contributed by atoms with E-state index < -0.39 is 6.04 Å². The Morgan fingerprint density at radius 1 is 1.25 bits per heavy atom. The number of aromatic nitrogens is 2. The number of rotatable bonds is 4. The number of benzene rings is 2. The van der Waals surface area contributed by atoms with Crippen LogP contribution in [0.2, 0.25) is 0 Å². The van der Waals surface area contributed by atoms with Crippen LogP contribution < -0.4 is 15.4 Å². The van der Waals surface area contributed by atoms with Crippen LogP contribution in [-0.4, -0.2) is 28.7 Å². The van der Waals surface area contributed by atoms with Crippen molar-refractivity contribution in [3.63, 3.8) is 0 Å². The average Bonchev–Trinajstić information content (AvgIpc) is 3.12. The number of amides is 2. The average molecular weight is 380 g/mol. The van der Waals surface area contributed by atoms with E-state index in [1.165, 1.54) is 23.9 Å². The van der Waals surface area contributed by atoms with Gasteiger partial charge in [0.05, 0.1) is 25.4 Å². The van der Waals surface area contributed by atoms with Crippen LogP contribution >= 0.6 is 0 Å². The Hall–Kier alpha value is -3.68. The Bertz CT molecular complexity index is 1050. The smallest absolute Gasteiger partial charge is 0.249 e. The summed E-state index contributed by atoms with van der Waals surface area (Å²) in [6.07, 6.45) is 1.51. The number of ether oxygens (including phenoxy) is 1. The molecular weight excluding hydrogens is 363 g/mol. The van der Waals surface area contributed by atoms with Crippen molar-refractivity contribution < 1.29 is 18.7 Å². The van der Waals surface area contributed by atoms with Gasteiger partial charge in [-0.2, -0.15) is 5.10 Å². The molecule has 8 heteroatoms. The van der Waals surface area contributed by atoms with Gasteiger partial charge < -0.3 is 15.4 Å². The van der Waals surface area contributed by atoms with Gasteiger partial charge in [0.25, 0.3) is 0 Å². The van der Waals surface area contributed by atoms with E-state index >= 15 is 0 Å². The molecule has 0 saturated heterocycles. The molecule has 1 aliphatic rings. The molecule has 1 atom stereocenters. The van der Waals surface area contributed by atoms with Gasteiger partial charge in [0.1, 0.15) is 23.4 Å². The molecule has 4 rings (SSSR count). The molecule has 2 amide bonds. The van der Waals surface area contributed by atoms with E-state index in [0.29, 0.717) is 28.4 Å². The topological polar surface area (TPSA) is 85.2 Å². The summed E-state index contributed by atoms with van der Waals surface area (Å²) in [5, 5.41) is 9.84. The monoisotopic (exact) mass is 380 g/mol. The molecule has 7 nitrogen and oxygen atoms in total. The largest absolute Gasteiger partial charge is 0.495 e. The second kappa shape index (κ2) is 7.15. The second-order valence-electron chi connectivity index (χ2n) is 6.32. The third kappa shape index (κ3) is 3.20. The number of nitrogens with zero attached hydrogens (tertiary/aromatic N) is 2. The Labute approximate surface area is 160 Å². The number of nitrogens with one attached hydrogen (secondary N) is 2. The molecule has 0 spiro atoms. The van der Waals surface area contributed by atoms with Crippen molar-refractivity contribution in [2.45, 2.75) is 12.5 Å². The molecule has 0 saturated carbocycles. The maximum atomic E-state index is 13.2. The van der Waals surface area contributed by atoms with E-state index in [4.69, 9.17) is 4.74 Å². The Balaban J connectivity index is 1.66. The fourth-order valence-electron chi connectivity index (χ4n) is 3.18. The highest BCUT2D eigenvalue weighted by Crippen LogP contribution is 2.35. The molecule has 1 aliphatic heterocycles. The molecule has 2 N–H and O–H groups in total. The van der Waals surface area contributed by atoms with E-state index in [-0.39, 0.29) is 24.1 Å². The van der Waals surface area contributed by atoms with Crippen molar-refractivity contribution in [1.82, 2.24) is 9.78 Å². The number of carbonyl (C=O) groups is 2. The summed E-state index contributed by atoms with van der Waals surface area (Å²) in [7, 11) is 1.51. The number of carbonyl (C=O) groups excluding carboxylic acids is 2. The molecule has 2 aromatic carbocycles. The van der Waals surface area contributed by atoms with Gasteiger partial charge in [-0.15, -0.1) is 0 Å². The van der Waals surface area contributed by atoms with Crippen molar-refractivity contribution >= 4 is 23.3 Å². The van der Waals surface area contributed by atoms with Crippen LogP contribution in [0.1, 0.15) is 12.5 Å². The van der Waals surface area contributed by atoms with Crippen molar-refractivity contribution in [2.24, 2.45) is 0 Å². The summed E-state index contributed by atoms with van der Waals surface area (Å²) >= 11 is 0. The lowest BCUT2D eigenvalue weighted by molar-refractivity contribution is -0.125. The summed E-state index contributed by atoms with van der Waals surface area (Å²) < 4.78 is 19.9. The fourth-order valence-corrected chi connectivity index (χ4v) is 3.18. The Morgan fingerprint density at radius 2 is 2.00 bits per heavy atom. The van der Waals surface area contributed by atoms with Crippen LogP contribution in [0.15, 0.2) is 54.7 Å². The van der Waals surface area contributed by atoms with Crippen LogP contribution in [0.4, 0.5) is 15.9 Å². The molecule has 0 aliphatic carbocycles. The van der Waals surface area contributed by atoms with E-state index in [9.17, 15) is 14.0 Å². The first-order valence-corrected chi connectivity index (χ1v) is 8.64. The molecule has 1 aromatic heterocycles. The predicted octanol–water partition coefficient (Wildman–Crippen LogP) is 3.22. The van der Waals surface area contributed by atoms with Gasteiger partial charge >= 0.3 is 0 Å². The van der Waals surface area contributed by atoms with Gasteiger partial charge in [-0.05, 0) is 29.8 Å². The van der Waals surface area contributed by atoms with Gasteiger partial charge in [-0.3, -0.25) is 9.59 Å². The zero-order valence-corrected chi connectivity index (χ0v) is 15.0. The number of anilines is 2. The quantitative estimate of drug-likeness (QED) is 0.728. The minimum atomic E-state index is -0.817. The first-order chi connectivity index (χ1) is 13.6. The highest BCUT2D eigenvalue weighted by Gasteiger charge is 2.33. The van der Waals surface area contributed by atoms with E-state index in [1.807, 2.05) is 0 Å². The van der Waals surface area contributed by atoms with Gasteiger partial charge in [-0.25, -0.2) is 9.07 Å². The fraction of sp³-hybridized carbons (Fsp3) is 0.150. The SMILES string of the molecule is COc1ccccc1NC(=O)[C@H]1CC(=O)Nc2c(-c3ccc(F)cc3)cnn21. The van der Waals surface area contributed by atoms with Crippen LogP contribution in [0.3, 0.4) is 0 Å². The van der Waals surface area contributed by atoms with Crippen molar-refractivity contribution in [1.29, 1.82) is 0 Å². The van der Waals surface area contributed by atoms with Crippen molar-refractivity contribution in [2.75, 3.05) is 17.7 Å². The Kier molecular flexibility index (Phi) is 4.52. The van der Waals surface area contributed by atoms with Gasteiger partial charge in [0.15, 0.2) is 0 Å². The lowest BCUT2D eigenvalue weighted by Crippen LogP contribution is -2.35. The Morgan fingerprint density at radius 3 is 2.75 bits per heavy atom. The van der Waals surface area contributed by atoms with Crippen LogP contribution in [0.25, 0.3) is 11.1 Å². The summed E-state index contributed by atoms with van der Waals surface area (Å²) in [6, 6.07) is 12.0. The van der Waals surface area contributed by atoms with Gasteiger partial charge in [-0.1, -0.05) is 24.3 Å². The summed E-state index contributed by atoms with van der Waals surface area (Å²) in [6.45, 7) is 0. The maximum Gasteiger partial charge on any atom is 0.249 e. The van der Waals surface area contributed by atoms with Gasteiger partial charge in [0.2, 0.25) is 11.8 Å². The zero-order chi connectivity index (χ0) is 19.7. The molecule has 28 heavy (non-hydrogen) atoms. The molecule has 2 heterocycles. The summed E-state index contributed by atoms with van der Waals surface area (Å²) in [4.78, 5) is 25.1. The van der Waals surface area contributed by atoms with E-state index in [0.717, 1.165) is 0 Å². The second-order valence-corrected chi connectivity index (χ2v) is 6.32. The number of fused-ring (bicyclic) bond motifs is 1. The maximum absolute atomic E-state index is 13.2. The predicted molar refractivity (Wildman–Crippen MR) is 102 cm³/mol. The first-order valence-electron chi connectivity index (χ1n) is 8.64. The normalized spacial score (nSPS) is 15.5. The van der Waals surface area contributed by atoms with Crippen LogP contribution in [-0.2, 0) is 9.59 Å². The molecule has 0 bridgehead atoms. The molecule has 3 aromatic rings. The number of methoxy groups -OCH3 is 1. The van der Waals surface area contributed by atoms with Crippen LogP contribution in [0.5, 0.6) is 5.75 Å². The van der Waals surface area contributed by atoms with E-state index in [2.05, 4.69) is 15.7 Å². The summed E-state index contributed by atoms with van der Waals surface area (Å²) in [5.41, 5.74) is 1.81. The number of halogens is 1. The lowest BCUT2D eigenvalue weighted by Gasteiger charge is -2.25. The lowest BCUT2D eigenvalue weighted by atomic mass is 10.1. The molecular formula is C20H17FN4O3. The molecule has 0 radical (unpaired) electrons. The minimum Gasteiger partial charge on any atom is -0.495 e. The third-order valence-corrected chi connectivity index (χ3v) is 4.55. The third-order valence-electron chi connectivity index (χ3n) is 4.55. The first kappa shape index (κ1) is 17.7. The standard InChI is InChI=1S/C20H17FN4O3/c1-28-17-5-3-2-4-15(17)23-20(27)16-10-18(26)24-19-14(11-22-25(16)19)12-6-8-13(21)9-7-12/h2-9,11,16H,10H2,1H3,(H,23,27)(H,24,26)/t16-/m1/s1. The van der Waals surface area contributed by atoms with Crippen LogP contribution in [0, 0.1) is 5.82 Å². The highest BCUT2D eigenvalue weighted by atomic mass is 19.1. The molecule has 0 unspecified atom stereocenters. The number of para-hydroxylation sites is 2.